The number of sulfonamides is 1. The van der Waals surface area contributed by atoms with Crippen LogP contribution in [0.3, 0.4) is 0 Å². The van der Waals surface area contributed by atoms with Crippen LogP contribution in [-0.2, 0) is 16.4 Å². The number of rotatable bonds is 2. The Morgan fingerprint density at radius 2 is 2.13 bits per heavy atom. The van der Waals surface area contributed by atoms with Gasteiger partial charge in [-0.2, -0.15) is 0 Å². The fourth-order valence-electron chi connectivity index (χ4n) is 1.82. The Morgan fingerprint density at radius 3 is 2.80 bits per heavy atom. The highest BCUT2D eigenvalue weighted by Gasteiger charge is 2.16. The lowest BCUT2D eigenvalue weighted by molar-refractivity contribution is 0.607. The quantitative estimate of drug-likeness (QED) is 0.820. The van der Waals surface area contributed by atoms with Gasteiger partial charge in [-0.25, -0.2) is 8.42 Å². The number of fused-ring (bicyclic) bond motifs is 1. The third kappa shape index (κ3) is 2.23. The first-order valence-electron chi connectivity index (χ1n) is 4.77. The lowest BCUT2D eigenvalue weighted by atomic mass is 10.1. The van der Waals surface area contributed by atoms with Gasteiger partial charge in [-0.1, -0.05) is 6.07 Å². The molecular formula is C10H14N2O2S. The Hall–Kier alpha value is -1.23. The maximum Gasteiger partial charge on any atom is 0.229 e. The number of hydrogen-bond donors (Lipinski definition) is 1. The molecule has 0 bridgehead atoms. The summed E-state index contributed by atoms with van der Waals surface area (Å²) in [7, 11) is -1.17. The van der Waals surface area contributed by atoms with Crippen molar-refractivity contribution in [3.05, 3.63) is 23.8 Å². The van der Waals surface area contributed by atoms with Crippen LogP contribution >= 0.6 is 0 Å². The molecule has 15 heavy (non-hydrogen) atoms. The van der Waals surface area contributed by atoms with Gasteiger partial charge in [0.05, 0.1) is 11.9 Å². The van der Waals surface area contributed by atoms with Crippen molar-refractivity contribution >= 4 is 21.4 Å². The molecule has 0 atom stereocenters. The van der Waals surface area contributed by atoms with E-state index in [-0.39, 0.29) is 0 Å². The Labute approximate surface area is 90.0 Å². The molecule has 0 aliphatic carbocycles. The Balaban J connectivity index is 2.33. The first-order chi connectivity index (χ1) is 6.96. The van der Waals surface area contributed by atoms with Crippen LogP contribution in [0.15, 0.2) is 18.2 Å². The van der Waals surface area contributed by atoms with Gasteiger partial charge >= 0.3 is 0 Å². The maximum absolute atomic E-state index is 11.1. The molecule has 1 heterocycles. The van der Waals surface area contributed by atoms with Crippen LogP contribution in [0.25, 0.3) is 0 Å². The van der Waals surface area contributed by atoms with Crippen LogP contribution in [0.4, 0.5) is 11.4 Å². The van der Waals surface area contributed by atoms with Crippen LogP contribution < -0.4 is 9.62 Å². The molecule has 1 aliphatic heterocycles. The number of nitrogens with zero attached hydrogens (tertiary/aromatic N) is 1. The molecule has 82 valence electrons. The second kappa shape index (κ2) is 3.41. The van der Waals surface area contributed by atoms with Crippen LogP contribution in [0.1, 0.15) is 5.56 Å². The van der Waals surface area contributed by atoms with E-state index in [0.717, 1.165) is 24.9 Å². The molecule has 4 nitrogen and oxygen atoms in total. The molecule has 1 aliphatic rings. The van der Waals surface area contributed by atoms with Crippen molar-refractivity contribution in [2.24, 2.45) is 0 Å². The number of likely N-dealkylation sites (N-methyl/N-ethyl adjacent to an activating group) is 1. The molecule has 0 fully saturated rings. The molecule has 1 aromatic rings. The largest absolute Gasteiger partial charge is 0.374 e. The monoisotopic (exact) mass is 226 g/mol. The molecule has 0 saturated carbocycles. The fourth-order valence-corrected chi connectivity index (χ4v) is 2.37. The van der Waals surface area contributed by atoms with Crippen LogP contribution in [0, 0.1) is 0 Å². The highest BCUT2D eigenvalue weighted by molar-refractivity contribution is 7.92. The minimum atomic E-state index is -3.18. The molecule has 0 spiro atoms. The minimum Gasteiger partial charge on any atom is -0.374 e. The van der Waals surface area contributed by atoms with E-state index in [9.17, 15) is 8.42 Å². The summed E-state index contributed by atoms with van der Waals surface area (Å²) in [4.78, 5) is 2.13. The van der Waals surface area contributed by atoms with E-state index in [4.69, 9.17) is 0 Å². The SMILES string of the molecule is CN1CCc2ccc(NS(C)(=O)=O)cc21. The molecular weight excluding hydrogens is 212 g/mol. The summed E-state index contributed by atoms with van der Waals surface area (Å²) in [6, 6.07) is 5.66. The zero-order valence-corrected chi connectivity index (χ0v) is 9.63. The third-order valence-electron chi connectivity index (χ3n) is 2.52. The number of benzene rings is 1. The van der Waals surface area contributed by atoms with Gasteiger partial charge in [0.1, 0.15) is 0 Å². The first-order valence-corrected chi connectivity index (χ1v) is 6.67. The number of nitrogens with one attached hydrogen (secondary N) is 1. The Bertz CT molecular complexity index is 482. The van der Waals surface area contributed by atoms with Gasteiger partial charge in [-0.3, -0.25) is 4.72 Å². The van der Waals surface area contributed by atoms with Gasteiger partial charge in [0.15, 0.2) is 0 Å². The van der Waals surface area contributed by atoms with Gasteiger partial charge in [0.25, 0.3) is 0 Å². The van der Waals surface area contributed by atoms with Gasteiger partial charge in [-0.15, -0.1) is 0 Å². The molecule has 0 amide bonds. The highest BCUT2D eigenvalue weighted by atomic mass is 32.2. The standard InChI is InChI=1S/C10H14N2O2S/c1-12-6-5-8-3-4-9(7-10(8)12)11-15(2,13)14/h3-4,7,11H,5-6H2,1-2H3. The molecule has 0 unspecified atom stereocenters. The summed E-state index contributed by atoms with van der Waals surface area (Å²) >= 11 is 0. The predicted molar refractivity (Wildman–Crippen MR) is 61.9 cm³/mol. The summed E-state index contributed by atoms with van der Waals surface area (Å²) < 4.78 is 24.6. The van der Waals surface area contributed by atoms with E-state index in [0.29, 0.717) is 5.69 Å². The minimum absolute atomic E-state index is 0.630. The summed E-state index contributed by atoms with van der Waals surface area (Å²) in [6.45, 7) is 0.998. The van der Waals surface area contributed by atoms with Crippen molar-refractivity contribution in [2.45, 2.75) is 6.42 Å². The molecule has 0 saturated heterocycles. The van der Waals surface area contributed by atoms with Gasteiger partial charge in [0.2, 0.25) is 10.0 Å². The smallest absolute Gasteiger partial charge is 0.229 e. The summed E-state index contributed by atoms with van der Waals surface area (Å²) in [5.74, 6) is 0. The topological polar surface area (TPSA) is 49.4 Å². The second-order valence-electron chi connectivity index (χ2n) is 3.89. The van der Waals surface area contributed by atoms with Crippen molar-refractivity contribution in [2.75, 3.05) is 29.5 Å². The summed E-state index contributed by atoms with van der Waals surface area (Å²) in [5, 5.41) is 0. The van der Waals surface area contributed by atoms with E-state index < -0.39 is 10.0 Å². The fraction of sp³-hybridized carbons (Fsp3) is 0.400. The van der Waals surface area contributed by atoms with Gasteiger partial charge < -0.3 is 4.90 Å². The van der Waals surface area contributed by atoms with E-state index in [1.54, 1.807) is 6.07 Å². The third-order valence-corrected chi connectivity index (χ3v) is 3.12. The van der Waals surface area contributed by atoms with E-state index in [1.165, 1.54) is 5.56 Å². The molecule has 0 aromatic heterocycles. The molecule has 0 radical (unpaired) electrons. The number of anilines is 2. The van der Waals surface area contributed by atoms with E-state index in [1.807, 2.05) is 19.2 Å². The normalized spacial score (nSPS) is 15.2. The van der Waals surface area contributed by atoms with Crippen LogP contribution in [-0.4, -0.2) is 28.3 Å². The average molecular weight is 226 g/mol. The van der Waals surface area contributed by atoms with E-state index in [2.05, 4.69) is 9.62 Å². The van der Waals surface area contributed by atoms with Gasteiger partial charge in [0, 0.05) is 19.3 Å². The van der Waals surface area contributed by atoms with Crippen LogP contribution in [0.2, 0.25) is 0 Å². The maximum atomic E-state index is 11.1. The zero-order chi connectivity index (χ0) is 11.1. The van der Waals surface area contributed by atoms with Crippen molar-refractivity contribution in [3.63, 3.8) is 0 Å². The lowest BCUT2D eigenvalue weighted by Crippen LogP contribution is -2.13. The Morgan fingerprint density at radius 1 is 1.40 bits per heavy atom. The molecule has 1 aromatic carbocycles. The van der Waals surface area contributed by atoms with Crippen molar-refractivity contribution in [3.8, 4) is 0 Å². The van der Waals surface area contributed by atoms with Crippen molar-refractivity contribution < 1.29 is 8.42 Å². The molecule has 1 N–H and O–H groups in total. The highest BCUT2D eigenvalue weighted by Crippen LogP contribution is 2.29. The second-order valence-corrected chi connectivity index (χ2v) is 5.64. The van der Waals surface area contributed by atoms with Crippen molar-refractivity contribution in [1.82, 2.24) is 0 Å². The molecule has 5 heteroatoms. The number of hydrogen-bond acceptors (Lipinski definition) is 3. The predicted octanol–water partition coefficient (Wildman–Crippen LogP) is 1.05. The van der Waals surface area contributed by atoms with Crippen molar-refractivity contribution in [1.29, 1.82) is 0 Å². The average Bonchev–Trinajstić information content (AvgIpc) is 2.45. The van der Waals surface area contributed by atoms with Gasteiger partial charge in [-0.05, 0) is 24.1 Å². The summed E-state index contributed by atoms with van der Waals surface area (Å²) in [5.41, 5.74) is 3.02. The lowest BCUT2D eigenvalue weighted by Gasteiger charge is -2.13. The zero-order valence-electron chi connectivity index (χ0n) is 8.82. The summed E-state index contributed by atoms with van der Waals surface area (Å²) in [6.07, 6.45) is 2.19. The molecule has 2 rings (SSSR count). The Kier molecular flexibility index (Phi) is 2.34. The van der Waals surface area contributed by atoms with Crippen LogP contribution in [0.5, 0.6) is 0 Å². The van der Waals surface area contributed by atoms with E-state index >= 15 is 0 Å². The first kappa shape index (κ1) is 10.3.